The lowest BCUT2D eigenvalue weighted by molar-refractivity contribution is -0.193. The fourth-order valence-corrected chi connectivity index (χ4v) is 11.1. The number of hydrogen-bond acceptors (Lipinski definition) is 10. The van der Waals surface area contributed by atoms with Crippen LogP contribution in [0.5, 0.6) is 0 Å². The summed E-state index contributed by atoms with van der Waals surface area (Å²) in [5.74, 6) is -1.41. The number of rotatable bonds is 12. The van der Waals surface area contributed by atoms with Gasteiger partial charge in [0.2, 0.25) is 5.91 Å². The Morgan fingerprint density at radius 1 is 0.960 bits per heavy atom. The standard InChI is InChI=1S/C39H65NO10/c1-22(11-14-28(41)35(4,5)47)23-15-16-38(8)24-12-13-27-34(2,3)33(46)26(18-37(27,7)25(24)17-29(42)39(23,38)9)50-31(44)20-36(6,48)19-30(43)40-21-32(45)49-10/h22-23,26-29,33,41-42,46-48H,11-21H2,1-10H3,(H,40,43)/t22-,23?,26-,27?,28-,29+,33+,36?,37-,38+,39+/m1/s1. The van der Waals surface area contributed by atoms with E-state index in [-0.39, 0.29) is 35.1 Å². The first-order valence-corrected chi connectivity index (χ1v) is 18.6. The van der Waals surface area contributed by atoms with Gasteiger partial charge in [-0.15, -0.1) is 0 Å². The molecule has 11 heteroatoms. The van der Waals surface area contributed by atoms with E-state index in [4.69, 9.17) is 4.74 Å². The number of fused-ring (bicyclic) bond motifs is 4. The largest absolute Gasteiger partial charge is 0.468 e. The maximum atomic E-state index is 13.3. The highest BCUT2D eigenvalue weighted by Gasteiger charge is 2.67. The molecule has 0 aromatic rings. The Morgan fingerprint density at radius 2 is 1.60 bits per heavy atom. The van der Waals surface area contributed by atoms with Gasteiger partial charge in [-0.1, -0.05) is 52.7 Å². The van der Waals surface area contributed by atoms with E-state index < -0.39 is 77.1 Å². The van der Waals surface area contributed by atoms with Gasteiger partial charge in [0, 0.05) is 5.41 Å². The van der Waals surface area contributed by atoms with Gasteiger partial charge >= 0.3 is 11.9 Å². The molecule has 2 saturated carbocycles. The van der Waals surface area contributed by atoms with Crippen molar-refractivity contribution in [3.05, 3.63) is 11.1 Å². The Balaban J connectivity index is 1.56. The van der Waals surface area contributed by atoms with Crippen molar-refractivity contribution in [2.24, 2.45) is 39.4 Å². The minimum absolute atomic E-state index is 0.0833. The minimum atomic E-state index is -1.74. The second-order valence-corrected chi connectivity index (χ2v) is 18.4. The highest BCUT2D eigenvalue weighted by Crippen LogP contribution is 2.72. The summed E-state index contributed by atoms with van der Waals surface area (Å²) >= 11 is 0. The topological polar surface area (TPSA) is 183 Å². The highest BCUT2D eigenvalue weighted by atomic mass is 16.6. The number of amides is 1. The van der Waals surface area contributed by atoms with E-state index >= 15 is 0 Å². The van der Waals surface area contributed by atoms with Crippen LogP contribution in [0.4, 0.5) is 0 Å². The van der Waals surface area contributed by atoms with Crippen LogP contribution in [0, 0.1) is 39.4 Å². The van der Waals surface area contributed by atoms with Crippen molar-refractivity contribution >= 4 is 17.8 Å². The number of aliphatic hydroxyl groups is 5. The molecule has 0 aliphatic heterocycles. The fraction of sp³-hybridized carbons (Fsp3) is 0.872. The Morgan fingerprint density at radius 3 is 2.20 bits per heavy atom. The van der Waals surface area contributed by atoms with Gasteiger partial charge in [-0.25, -0.2) is 0 Å². The molecule has 2 fully saturated rings. The number of aliphatic hydroxyl groups excluding tert-OH is 3. The summed E-state index contributed by atoms with van der Waals surface area (Å²) in [6.45, 7) is 17.3. The van der Waals surface area contributed by atoms with Gasteiger partial charge < -0.3 is 40.3 Å². The van der Waals surface area contributed by atoms with Crippen LogP contribution in [0.15, 0.2) is 11.1 Å². The first-order valence-electron chi connectivity index (χ1n) is 18.6. The van der Waals surface area contributed by atoms with Crippen molar-refractivity contribution in [1.29, 1.82) is 0 Å². The van der Waals surface area contributed by atoms with Crippen LogP contribution >= 0.6 is 0 Å². The molecule has 0 heterocycles. The number of allylic oxidation sites excluding steroid dienone is 1. The molecule has 0 saturated heterocycles. The molecule has 0 bridgehead atoms. The molecular formula is C39H65NO10. The van der Waals surface area contributed by atoms with Crippen LogP contribution in [-0.4, -0.2) is 92.7 Å². The molecule has 3 unspecified atom stereocenters. The molecule has 0 aromatic carbocycles. The van der Waals surface area contributed by atoms with Gasteiger partial charge in [0.1, 0.15) is 12.6 Å². The van der Waals surface area contributed by atoms with Crippen LogP contribution in [-0.2, 0) is 23.9 Å². The number of hydrogen-bond donors (Lipinski definition) is 6. The van der Waals surface area contributed by atoms with Crippen molar-refractivity contribution < 1.29 is 49.4 Å². The normalized spacial score (nSPS) is 37.4. The zero-order valence-electron chi connectivity index (χ0n) is 32.1. The van der Waals surface area contributed by atoms with Gasteiger partial charge in [-0.3, -0.25) is 14.4 Å². The fourth-order valence-electron chi connectivity index (χ4n) is 11.1. The lowest BCUT2D eigenvalue weighted by Crippen LogP contribution is -2.62. The smallest absolute Gasteiger partial charge is 0.325 e. The van der Waals surface area contributed by atoms with Crippen LogP contribution in [0.1, 0.15) is 127 Å². The quantitative estimate of drug-likeness (QED) is 0.128. The van der Waals surface area contributed by atoms with Crippen LogP contribution < -0.4 is 5.32 Å². The van der Waals surface area contributed by atoms with Crippen molar-refractivity contribution in [3.63, 3.8) is 0 Å². The molecular weight excluding hydrogens is 642 g/mol. The molecule has 4 rings (SSSR count). The summed E-state index contributed by atoms with van der Waals surface area (Å²) in [6.07, 6.45) is 1.66. The number of methoxy groups -OCH3 is 1. The van der Waals surface area contributed by atoms with Crippen LogP contribution in [0.2, 0.25) is 0 Å². The van der Waals surface area contributed by atoms with Gasteiger partial charge in [0.05, 0.1) is 49.5 Å². The van der Waals surface area contributed by atoms with Gasteiger partial charge in [0.15, 0.2) is 0 Å². The molecule has 11 nitrogen and oxygen atoms in total. The summed E-state index contributed by atoms with van der Waals surface area (Å²) in [5.41, 5.74) is -1.98. The van der Waals surface area contributed by atoms with Gasteiger partial charge in [-0.2, -0.15) is 0 Å². The number of carbonyl (C=O) groups is 3. The van der Waals surface area contributed by atoms with Crippen molar-refractivity contribution in [3.8, 4) is 0 Å². The molecule has 11 atom stereocenters. The molecule has 4 aliphatic carbocycles. The van der Waals surface area contributed by atoms with Crippen molar-refractivity contribution in [2.75, 3.05) is 13.7 Å². The molecule has 0 spiro atoms. The Labute approximate surface area is 298 Å². The maximum absolute atomic E-state index is 13.3. The summed E-state index contributed by atoms with van der Waals surface area (Å²) < 4.78 is 10.5. The lowest BCUT2D eigenvalue weighted by Gasteiger charge is -2.64. The van der Waals surface area contributed by atoms with E-state index in [1.807, 2.05) is 13.8 Å². The summed E-state index contributed by atoms with van der Waals surface area (Å²) in [5, 5.41) is 58.0. The molecule has 0 radical (unpaired) electrons. The lowest BCUT2D eigenvalue weighted by atomic mass is 9.42. The molecule has 286 valence electrons. The van der Waals surface area contributed by atoms with Crippen LogP contribution in [0.25, 0.3) is 0 Å². The Hall–Kier alpha value is -2.05. The number of ether oxygens (including phenoxy) is 2. The van der Waals surface area contributed by atoms with E-state index in [1.165, 1.54) is 25.2 Å². The zero-order chi connectivity index (χ0) is 37.8. The first kappa shape index (κ1) is 40.7. The maximum Gasteiger partial charge on any atom is 0.325 e. The van der Waals surface area contributed by atoms with Gasteiger partial charge in [0.25, 0.3) is 0 Å². The summed E-state index contributed by atoms with van der Waals surface area (Å²) in [4.78, 5) is 37.0. The number of nitrogens with one attached hydrogen (secondary N) is 1. The predicted molar refractivity (Wildman–Crippen MR) is 187 cm³/mol. The monoisotopic (exact) mass is 707 g/mol. The second-order valence-electron chi connectivity index (χ2n) is 18.4. The van der Waals surface area contributed by atoms with E-state index in [2.05, 4.69) is 37.7 Å². The molecule has 6 N–H and O–H groups in total. The third-order valence-electron chi connectivity index (χ3n) is 14.2. The van der Waals surface area contributed by atoms with E-state index in [1.54, 1.807) is 13.8 Å². The number of esters is 2. The first-order chi connectivity index (χ1) is 22.8. The second kappa shape index (κ2) is 14.1. The van der Waals surface area contributed by atoms with Gasteiger partial charge in [-0.05, 0) is 106 Å². The molecule has 1 amide bonds. The Bertz CT molecular complexity index is 1330. The molecule has 0 aromatic heterocycles. The van der Waals surface area contributed by atoms with E-state index in [0.29, 0.717) is 19.3 Å². The van der Waals surface area contributed by atoms with E-state index in [9.17, 15) is 39.9 Å². The minimum Gasteiger partial charge on any atom is -0.468 e. The summed E-state index contributed by atoms with van der Waals surface area (Å²) in [7, 11) is 1.20. The van der Waals surface area contributed by atoms with E-state index in [0.717, 1.165) is 32.1 Å². The highest BCUT2D eigenvalue weighted by molar-refractivity contribution is 5.83. The van der Waals surface area contributed by atoms with Crippen molar-refractivity contribution in [2.45, 2.75) is 162 Å². The zero-order valence-corrected chi connectivity index (χ0v) is 32.1. The average Bonchev–Trinajstić information content (AvgIpc) is 3.29. The molecule has 50 heavy (non-hydrogen) atoms. The third-order valence-corrected chi connectivity index (χ3v) is 14.2. The Kier molecular flexibility index (Phi) is 11.5. The molecule has 4 aliphatic rings. The SMILES string of the molecule is COC(=O)CNC(=O)CC(C)(O)CC(=O)O[C@@H]1C[C@]2(C)C3=C(CCC2C(C)(C)[C@H]1O)[C@]1(C)CCC([C@H](C)CC[C@@H](O)C(C)(C)O)[C@@]1(C)[C@@H](O)C3. The third kappa shape index (κ3) is 7.28. The predicted octanol–water partition coefficient (Wildman–Crippen LogP) is 3.96. The van der Waals surface area contributed by atoms with Crippen molar-refractivity contribution in [1.82, 2.24) is 5.32 Å². The van der Waals surface area contributed by atoms with Crippen LogP contribution in [0.3, 0.4) is 0 Å². The number of carbonyl (C=O) groups excluding carboxylic acids is 3. The summed E-state index contributed by atoms with van der Waals surface area (Å²) in [6, 6.07) is 0. The average molecular weight is 708 g/mol.